The standard InChI is InChI=1S/C14H21NO2/c1-10(2)17-13-7-12(8-15-9-13)14(16)6-11-4-3-5-11/h7-11,14,16H,3-6H2,1-2H3. The minimum absolute atomic E-state index is 0.135. The molecule has 3 heteroatoms. The summed E-state index contributed by atoms with van der Waals surface area (Å²) in [5, 5.41) is 10.1. The van der Waals surface area contributed by atoms with Gasteiger partial charge in [-0.2, -0.15) is 0 Å². The summed E-state index contributed by atoms with van der Waals surface area (Å²) in [5.74, 6) is 1.44. The predicted molar refractivity (Wildman–Crippen MR) is 66.9 cm³/mol. The van der Waals surface area contributed by atoms with Crippen LogP contribution in [0, 0.1) is 5.92 Å². The normalized spacial score (nSPS) is 17.9. The summed E-state index contributed by atoms with van der Waals surface area (Å²) in [6.07, 6.45) is 7.84. The van der Waals surface area contributed by atoms with Gasteiger partial charge in [0.2, 0.25) is 0 Å². The van der Waals surface area contributed by atoms with E-state index in [1.165, 1.54) is 19.3 Å². The molecule has 1 saturated carbocycles. The average molecular weight is 235 g/mol. The summed E-state index contributed by atoms with van der Waals surface area (Å²) in [4.78, 5) is 4.12. The fourth-order valence-corrected chi connectivity index (χ4v) is 2.13. The third-order valence-corrected chi connectivity index (χ3v) is 3.27. The molecule has 2 rings (SSSR count). The summed E-state index contributed by atoms with van der Waals surface area (Å²) in [7, 11) is 0. The Kier molecular flexibility index (Phi) is 4.00. The van der Waals surface area contributed by atoms with E-state index in [1.54, 1.807) is 12.4 Å². The molecule has 1 fully saturated rings. The maximum absolute atomic E-state index is 10.1. The number of rotatable bonds is 5. The number of hydrogen-bond acceptors (Lipinski definition) is 3. The van der Waals surface area contributed by atoms with Crippen molar-refractivity contribution in [1.29, 1.82) is 0 Å². The van der Waals surface area contributed by atoms with Gasteiger partial charge in [-0.3, -0.25) is 4.98 Å². The zero-order valence-electron chi connectivity index (χ0n) is 10.6. The topological polar surface area (TPSA) is 42.4 Å². The van der Waals surface area contributed by atoms with Crippen molar-refractivity contribution in [2.24, 2.45) is 5.92 Å². The third kappa shape index (κ3) is 3.43. The van der Waals surface area contributed by atoms with E-state index < -0.39 is 6.10 Å². The lowest BCUT2D eigenvalue weighted by molar-refractivity contribution is 0.117. The minimum Gasteiger partial charge on any atom is -0.489 e. The van der Waals surface area contributed by atoms with Crippen LogP contribution in [0.4, 0.5) is 0 Å². The van der Waals surface area contributed by atoms with Crippen LogP contribution in [0.2, 0.25) is 0 Å². The van der Waals surface area contributed by atoms with Crippen LogP contribution in [0.15, 0.2) is 18.5 Å². The summed E-state index contributed by atoms with van der Waals surface area (Å²) < 4.78 is 5.58. The monoisotopic (exact) mass is 235 g/mol. The molecule has 1 N–H and O–H groups in total. The van der Waals surface area contributed by atoms with Gasteiger partial charge in [-0.25, -0.2) is 0 Å². The SMILES string of the molecule is CC(C)Oc1cncc(C(O)CC2CCC2)c1. The number of aliphatic hydroxyl groups excluding tert-OH is 1. The first kappa shape index (κ1) is 12.4. The molecule has 0 radical (unpaired) electrons. The number of pyridine rings is 1. The van der Waals surface area contributed by atoms with Gasteiger partial charge >= 0.3 is 0 Å². The lowest BCUT2D eigenvalue weighted by atomic mass is 9.80. The second kappa shape index (κ2) is 5.50. The van der Waals surface area contributed by atoms with Crippen molar-refractivity contribution in [3.05, 3.63) is 24.0 Å². The van der Waals surface area contributed by atoms with Gasteiger partial charge in [-0.05, 0) is 32.3 Å². The maximum atomic E-state index is 10.1. The number of aliphatic hydroxyl groups is 1. The van der Waals surface area contributed by atoms with E-state index in [0.29, 0.717) is 5.92 Å². The van der Waals surface area contributed by atoms with Crippen molar-refractivity contribution in [2.45, 2.75) is 51.7 Å². The van der Waals surface area contributed by atoms with Crippen molar-refractivity contribution in [2.75, 3.05) is 0 Å². The third-order valence-electron chi connectivity index (χ3n) is 3.27. The molecule has 1 aliphatic rings. The molecule has 0 saturated heterocycles. The van der Waals surface area contributed by atoms with E-state index in [1.807, 2.05) is 19.9 Å². The Balaban J connectivity index is 1.98. The minimum atomic E-state index is -0.400. The van der Waals surface area contributed by atoms with E-state index in [2.05, 4.69) is 4.98 Å². The largest absolute Gasteiger partial charge is 0.489 e. The molecule has 1 aliphatic carbocycles. The molecule has 17 heavy (non-hydrogen) atoms. The molecular weight excluding hydrogens is 214 g/mol. The van der Waals surface area contributed by atoms with Gasteiger partial charge in [0.15, 0.2) is 0 Å². The van der Waals surface area contributed by atoms with Gasteiger partial charge < -0.3 is 9.84 Å². The molecule has 0 amide bonds. The molecular formula is C14H21NO2. The highest BCUT2D eigenvalue weighted by Crippen LogP contribution is 2.35. The molecule has 1 aromatic heterocycles. The second-order valence-electron chi connectivity index (χ2n) is 5.17. The van der Waals surface area contributed by atoms with Crippen LogP contribution in [0.1, 0.15) is 51.2 Å². The highest BCUT2D eigenvalue weighted by Gasteiger charge is 2.22. The molecule has 0 spiro atoms. The Bertz CT molecular complexity index is 361. The van der Waals surface area contributed by atoms with Crippen molar-refractivity contribution in [1.82, 2.24) is 4.98 Å². The Hall–Kier alpha value is -1.09. The molecule has 1 heterocycles. The first-order valence-electron chi connectivity index (χ1n) is 6.45. The average Bonchev–Trinajstić information content (AvgIpc) is 2.22. The lowest BCUT2D eigenvalue weighted by Crippen LogP contribution is -2.15. The van der Waals surface area contributed by atoms with E-state index in [9.17, 15) is 5.11 Å². The molecule has 1 aromatic rings. The van der Waals surface area contributed by atoms with E-state index >= 15 is 0 Å². The Morgan fingerprint density at radius 3 is 2.76 bits per heavy atom. The van der Waals surface area contributed by atoms with Gasteiger partial charge in [0.05, 0.1) is 18.4 Å². The second-order valence-corrected chi connectivity index (χ2v) is 5.17. The van der Waals surface area contributed by atoms with Crippen LogP contribution in [0.25, 0.3) is 0 Å². The van der Waals surface area contributed by atoms with E-state index in [-0.39, 0.29) is 6.10 Å². The van der Waals surface area contributed by atoms with Gasteiger partial charge in [0, 0.05) is 11.8 Å². The fraction of sp³-hybridized carbons (Fsp3) is 0.643. The number of ether oxygens (including phenoxy) is 1. The Morgan fingerprint density at radius 1 is 1.41 bits per heavy atom. The molecule has 1 atom stereocenters. The van der Waals surface area contributed by atoms with Crippen molar-refractivity contribution in [3.8, 4) is 5.75 Å². The first-order chi connectivity index (χ1) is 8.15. The molecule has 94 valence electrons. The number of aromatic nitrogens is 1. The number of hydrogen-bond donors (Lipinski definition) is 1. The van der Waals surface area contributed by atoms with Crippen molar-refractivity contribution in [3.63, 3.8) is 0 Å². The van der Waals surface area contributed by atoms with E-state index in [0.717, 1.165) is 17.7 Å². The summed E-state index contributed by atoms with van der Waals surface area (Å²) in [6.45, 7) is 3.97. The molecule has 1 unspecified atom stereocenters. The molecule has 0 aromatic carbocycles. The maximum Gasteiger partial charge on any atom is 0.138 e. The van der Waals surface area contributed by atoms with Gasteiger partial charge in [-0.1, -0.05) is 19.3 Å². The van der Waals surface area contributed by atoms with Crippen molar-refractivity contribution < 1.29 is 9.84 Å². The first-order valence-corrected chi connectivity index (χ1v) is 6.45. The van der Waals surface area contributed by atoms with Gasteiger partial charge in [0.1, 0.15) is 5.75 Å². The van der Waals surface area contributed by atoms with E-state index in [4.69, 9.17) is 4.74 Å². The smallest absolute Gasteiger partial charge is 0.138 e. The van der Waals surface area contributed by atoms with Gasteiger partial charge in [0.25, 0.3) is 0 Å². The van der Waals surface area contributed by atoms with Crippen LogP contribution in [-0.2, 0) is 0 Å². The highest BCUT2D eigenvalue weighted by atomic mass is 16.5. The molecule has 0 aliphatic heterocycles. The zero-order chi connectivity index (χ0) is 12.3. The van der Waals surface area contributed by atoms with Crippen LogP contribution >= 0.6 is 0 Å². The molecule has 0 bridgehead atoms. The Labute approximate surface area is 103 Å². The predicted octanol–water partition coefficient (Wildman–Crippen LogP) is 3.09. The quantitative estimate of drug-likeness (QED) is 0.852. The van der Waals surface area contributed by atoms with Crippen LogP contribution < -0.4 is 4.74 Å². The summed E-state index contributed by atoms with van der Waals surface area (Å²) in [5.41, 5.74) is 0.870. The van der Waals surface area contributed by atoms with Crippen molar-refractivity contribution >= 4 is 0 Å². The van der Waals surface area contributed by atoms with Crippen LogP contribution in [0.3, 0.4) is 0 Å². The fourth-order valence-electron chi connectivity index (χ4n) is 2.13. The van der Waals surface area contributed by atoms with Crippen LogP contribution in [-0.4, -0.2) is 16.2 Å². The van der Waals surface area contributed by atoms with Gasteiger partial charge in [-0.15, -0.1) is 0 Å². The highest BCUT2D eigenvalue weighted by molar-refractivity contribution is 5.25. The summed E-state index contributed by atoms with van der Waals surface area (Å²) >= 11 is 0. The summed E-state index contributed by atoms with van der Waals surface area (Å²) in [6, 6.07) is 1.90. The van der Waals surface area contributed by atoms with Crippen LogP contribution in [0.5, 0.6) is 5.75 Å². The zero-order valence-corrected chi connectivity index (χ0v) is 10.6. The lowest BCUT2D eigenvalue weighted by Gasteiger charge is -2.27. The molecule has 3 nitrogen and oxygen atoms in total. The number of nitrogens with zero attached hydrogens (tertiary/aromatic N) is 1. The Morgan fingerprint density at radius 2 is 2.18 bits per heavy atom.